The van der Waals surface area contributed by atoms with Gasteiger partial charge in [0.2, 0.25) is 0 Å². The van der Waals surface area contributed by atoms with E-state index in [0.717, 1.165) is 19.6 Å². The van der Waals surface area contributed by atoms with Crippen LogP contribution in [0.5, 0.6) is 0 Å². The monoisotopic (exact) mass is 200 g/mol. The van der Waals surface area contributed by atoms with E-state index in [1.54, 1.807) is 0 Å². The van der Waals surface area contributed by atoms with Gasteiger partial charge in [-0.1, -0.05) is 6.92 Å². The normalized spacial score (nSPS) is 31.7. The molecule has 0 aromatic carbocycles. The number of nitrogens with zero attached hydrogens (tertiary/aromatic N) is 1. The van der Waals surface area contributed by atoms with E-state index >= 15 is 0 Å². The lowest BCUT2D eigenvalue weighted by molar-refractivity contribution is -0.0529. The maximum absolute atomic E-state index is 5.63. The smallest absolute Gasteiger partial charge is 0.0777 e. The summed E-state index contributed by atoms with van der Waals surface area (Å²) in [7, 11) is 1.82. The van der Waals surface area contributed by atoms with E-state index in [2.05, 4.69) is 18.7 Å². The third kappa shape index (κ3) is 3.23. The molecule has 2 atom stereocenters. The summed E-state index contributed by atoms with van der Waals surface area (Å²) in [5, 5.41) is 0. The van der Waals surface area contributed by atoms with Crippen LogP contribution in [0.2, 0.25) is 0 Å². The molecular formula is C11H24N2O. The lowest BCUT2D eigenvalue weighted by Gasteiger charge is -2.40. The number of hydrogen-bond acceptors (Lipinski definition) is 3. The Kier molecular flexibility index (Phi) is 4.35. The zero-order valence-electron chi connectivity index (χ0n) is 9.75. The Morgan fingerprint density at radius 1 is 1.57 bits per heavy atom. The van der Waals surface area contributed by atoms with Gasteiger partial charge in [0.25, 0.3) is 0 Å². The fourth-order valence-electron chi connectivity index (χ4n) is 2.15. The first kappa shape index (κ1) is 12.0. The van der Waals surface area contributed by atoms with Crippen molar-refractivity contribution in [2.45, 2.75) is 32.3 Å². The highest BCUT2D eigenvalue weighted by atomic mass is 16.5. The van der Waals surface area contributed by atoms with Crippen LogP contribution in [0, 0.1) is 5.92 Å². The van der Waals surface area contributed by atoms with Crippen molar-refractivity contribution in [1.82, 2.24) is 4.90 Å². The fourth-order valence-corrected chi connectivity index (χ4v) is 2.15. The Balaban J connectivity index is 2.40. The van der Waals surface area contributed by atoms with Crippen molar-refractivity contribution in [2.24, 2.45) is 11.7 Å². The van der Waals surface area contributed by atoms with Gasteiger partial charge in [0.15, 0.2) is 0 Å². The predicted molar refractivity (Wildman–Crippen MR) is 59.3 cm³/mol. The molecule has 84 valence electrons. The van der Waals surface area contributed by atoms with Crippen molar-refractivity contribution in [3.8, 4) is 0 Å². The van der Waals surface area contributed by atoms with Gasteiger partial charge in [-0.25, -0.2) is 0 Å². The summed E-state index contributed by atoms with van der Waals surface area (Å²) in [6.45, 7) is 8.54. The summed E-state index contributed by atoms with van der Waals surface area (Å²) in [5.41, 5.74) is 5.69. The van der Waals surface area contributed by atoms with Gasteiger partial charge in [-0.15, -0.1) is 0 Å². The number of hydrogen-bond donors (Lipinski definition) is 1. The Morgan fingerprint density at radius 3 is 2.86 bits per heavy atom. The molecule has 3 heteroatoms. The van der Waals surface area contributed by atoms with E-state index in [1.807, 2.05) is 7.11 Å². The molecular weight excluding hydrogens is 176 g/mol. The SMILES string of the molecule is COC1(C)CCCN(CC(C)CN)C1. The Bertz CT molecular complexity index is 175. The Morgan fingerprint density at radius 2 is 2.29 bits per heavy atom. The van der Waals surface area contributed by atoms with Crippen molar-refractivity contribution in [2.75, 3.05) is 33.3 Å². The fraction of sp³-hybridized carbons (Fsp3) is 1.00. The average molecular weight is 200 g/mol. The molecule has 0 aliphatic carbocycles. The van der Waals surface area contributed by atoms with Gasteiger partial charge in [-0.2, -0.15) is 0 Å². The van der Waals surface area contributed by atoms with Crippen LogP contribution in [0.1, 0.15) is 26.7 Å². The first-order valence-corrected chi connectivity index (χ1v) is 5.57. The summed E-state index contributed by atoms with van der Waals surface area (Å²) in [6.07, 6.45) is 2.42. The second-order valence-corrected chi connectivity index (χ2v) is 4.83. The molecule has 1 aliphatic heterocycles. The molecule has 1 fully saturated rings. The summed E-state index contributed by atoms with van der Waals surface area (Å²) in [6, 6.07) is 0. The minimum atomic E-state index is 0.0621. The van der Waals surface area contributed by atoms with Crippen molar-refractivity contribution < 1.29 is 4.74 Å². The van der Waals surface area contributed by atoms with E-state index < -0.39 is 0 Å². The highest BCUT2D eigenvalue weighted by Crippen LogP contribution is 2.24. The number of nitrogens with two attached hydrogens (primary N) is 1. The van der Waals surface area contributed by atoms with E-state index in [4.69, 9.17) is 10.5 Å². The molecule has 0 saturated carbocycles. The average Bonchev–Trinajstić information content (AvgIpc) is 2.18. The van der Waals surface area contributed by atoms with E-state index in [1.165, 1.54) is 19.4 Å². The lowest BCUT2D eigenvalue weighted by Crippen LogP contribution is -2.48. The van der Waals surface area contributed by atoms with Gasteiger partial charge in [0, 0.05) is 20.2 Å². The molecule has 14 heavy (non-hydrogen) atoms. The van der Waals surface area contributed by atoms with E-state index in [9.17, 15) is 0 Å². The standard InChI is InChI=1S/C11H24N2O/c1-10(7-12)8-13-6-4-5-11(2,9-13)14-3/h10H,4-9,12H2,1-3H3. The Hall–Kier alpha value is -0.120. The number of rotatable bonds is 4. The molecule has 2 unspecified atom stereocenters. The summed E-state index contributed by atoms with van der Waals surface area (Å²) < 4.78 is 5.55. The van der Waals surface area contributed by atoms with Gasteiger partial charge in [-0.3, -0.25) is 0 Å². The van der Waals surface area contributed by atoms with Crippen molar-refractivity contribution in [3.05, 3.63) is 0 Å². The highest BCUT2D eigenvalue weighted by Gasteiger charge is 2.30. The molecule has 0 aromatic heterocycles. The molecule has 1 heterocycles. The first-order chi connectivity index (χ1) is 6.59. The third-order valence-corrected chi connectivity index (χ3v) is 3.20. The number of methoxy groups -OCH3 is 1. The zero-order valence-corrected chi connectivity index (χ0v) is 9.75. The first-order valence-electron chi connectivity index (χ1n) is 5.57. The van der Waals surface area contributed by atoms with Crippen LogP contribution in [-0.4, -0.2) is 43.8 Å². The summed E-state index contributed by atoms with van der Waals surface area (Å²) >= 11 is 0. The number of piperidine rings is 1. The van der Waals surface area contributed by atoms with Crippen LogP contribution < -0.4 is 5.73 Å². The van der Waals surface area contributed by atoms with Crippen LogP contribution in [0.3, 0.4) is 0 Å². The quantitative estimate of drug-likeness (QED) is 0.738. The maximum Gasteiger partial charge on any atom is 0.0777 e. The predicted octanol–water partition coefficient (Wildman–Crippen LogP) is 1.08. The molecule has 0 amide bonds. The number of ether oxygens (including phenoxy) is 1. The highest BCUT2D eigenvalue weighted by molar-refractivity contribution is 4.85. The second-order valence-electron chi connectivity index (χ2n) is 4.83. The van der Waals surface area contributed by atoms with E-state index in [0.29, 0.717) is 5.92 Å². The minimum absolute atomic E-state index is 0.0621. The van der Waals surface area contributed by atoms with Crippen molar-refractivity contribution >= 4 is 0 Å². The Labute approximate surface area is 87.6 Å². The van der Waals surface area contributed by atoms with Crippen molar-refractivity contribution in [1.29, 1.82) is 0 Å². The minimum Gasteiger partial charge on any atom is -0.377 e. The van der Waals surface area contributed by atoms with Gasteiger partial charge in [-0.05, 0) is 38.8 Å². The molecule has 0 aromatic rings. The second kappa shape index (κ2) is 5.10. The molecule has 3 nitrogen and oxygen atoms in total. The molecule has 1 saturated heterocycles. The van der Waals surface area contributed by atoms with Crippen LogP contribution in [0.15, 0.2) is 0 Å². The molecule has 1 aliphatic rings. The topological polar surface area (TPSA) is 38.5 Å². The molecule has 0 spiro atoms. The van der Waals surface area contributed by atoms with Crippen LogP contribution in [0.25, 0.3) is 0 Å². The largest absolute Gasteiger partial charge is 0.377 e. The van der Waals surface area contributed by atoms with Crippen LogP contribution >= 0.6 is 0 Å². The third-order valence-electron chi connectivity index (χ3n) is 3.20. The zero-order chi connectivity index (χ0) is 10.6. The number of likely N-dealkylation sites (tertiary alicyclic amines) is 1. The summed E-state index contributed by atoms with van der Waals surface area (Å²) in [5.74, 6) is 0.592. The van der Waals surface area contributed by atoms with Gasteiger partial charge >= 0.3 is 0 Å². The summed E-state index contributed by atoms with van der Waals surface area (Å²) in [4.78, 5) is 2.48. The van der Waals surface area contributed by atoms with Crippen LogP contribution in [0.4, 0.5) is 0 Å². The van der Waals surface area contributed by atoms with Gasteiger partial charge < -0.3 is 15.4 Å². The van der Waals surface area contributed by atoms with Crippen molar-refractivity contribution in [3.63, 3.8) is 0 Å². The maximum atomic E-state index is 5.63. The van der Waals surface area contributed by atoms with Gasteiger partial charge in [0.05, 0.1) is 5.60 Å². The van der Waals surface area contributed by atoms with Crippen LogP contribution in [-0.2, 0) is 4.74 Å². The molecule has 0 bridgehead atoms. The molecule has 2 N–H and O–H groups in total. The molecule has 1 rings (SSSR count). The van der Waals surface area contributed by atoms with E-state index in [-0.39, 0.29) is 5.60 Å². The molecule has 0 radical (unpaired) electrons. The lowest BCUT2D eigenvalue weighted by atomic mass is 9.94. The van der Waals surface area contributed by atoms with Gasteiger partial charge in [0.1, 0.15) is 0 Å².